The summed E-state index contributed by atoms with van der Waals surface area (Å²) in [7, 11) is 0. The Balaban J connectivity index is 1.54. The van der Waals surface area contributed by atoms with Crippen LogP contribution in [0.2, 0.25) is 0 Å². The Morgan fingerprint density at radius 1 is 0.933 bits per heavy atom. The van der Waals surface area contributed by atoms with Crippen molar-refractivity contribution in [3.05, 3.63) is 94.5 Å². The lowest BCUT2D eigenvalue weighted by molar-refractivity contribution is -0.115. The zero-order chi connectivity index (χ0) is 21.3. The molecular formula is C25H24N2O2S. The number of benzene rings is 3. The van der Waals surface area contributed by atoms with Crippen LogP contribution < -0.4 is 10.2 Å². The van der Waals surface area contributed by atoms with Gasteiger partial charge in [0, 0.05) is 16.9 Å². The molecule has 0 bridgehead atoms. The molecule has 0 radical (unpaired) electrons. The fourth-order valence-electron chi connectivity index (χ4n) is 3.55. The molecule has 2 amide bonds. The molecule has 4 nitrogen and oxygen atoms in total. The van der Waals surface area contributed by atoms with Gasteiger partial charge in [-0.25, -0.2) is 0 Å². The molecule has 0 aromatic heterocycles. The van der Waals surface area contributed by atoms with E-state index in [2.05, 4.69) is 23.5 Å². The van der Waals surface area contributed by atoms with Gasteiger partial charge in [0.2, 0.25) is 5.91 Å². The molecule has 1 heterocycles. The van der Waals surface area contributed by atoms with Gasteiger partial charge in [0.25, 0.3) is 5.91 Å². The van der Waals surface area contributed by atoms with Crippen molar-refractivity contribution in [2.75, 3.05) is 16.0 Å². The largest absolute Gasteiger partial charge is 0.322 e. The summed E-state index contributed by atoms with van der Waals surface area (Å²) >= 11 is 1.63. The predicted molar refractivity (Wildman–Crippen MR) is 124 cm³/mol. The number of amides is 2. The molecule has 5 heteroatoms. The Morgan fingerprint density at radius 2 is 1.60 bits per heavy atom. The molecule has 0 spiro atoms. The zero-order valence-corrected chi connectivity index (χ0v) is 18.1. The van der Waals surface area contributed by atoms with Crippen molar-refractivity contribution in [3.8, 4) is 0 Å². The van der Waals surface area contributed by atoms with E-state index in [9.17, 15) is 9.59 Å². The molecule has 1 N–H and O–H groups in total. The summed E-state index contributed by atoms with van der Waals surface area (Å²) in [6, 6.07) is 21.4. The Morgan fingerprint density at radius 3 is 2.30 bits per heavy atom. The van der Waals surface area contributed by atoms with E-state index in [-0.39, 0.29) is 17.2 Å². The van der Waals surface area contributed by atoms with Crippen LogP contribution in [-0.4, -0.2) is 17.6 Å². The van der Waals surface area contributed by atoms with Gasteiger partial charge in [-0.05, 0) is 67.8 Å². The van der Waals surface area contributed by atoms with E-state index in [4.69, 9.17) is 0 Å². The smallest absolute Gasteiger partial charge is 0.255 e. The minimum Gasteiger partial charge on any atom is -0.322 e. The van der Waals surface area contributed by atoms with Gasteiger partial charge in [0.1, 0.15) is 5.37 Å². The highest BCUT2D eigenvalue weighted by Crippen LogP contribution is 2.43. The number of aryl methyl sites for hydroxylation is 3. The monoisotopic (exact) mass is 416 g/mol. The van der Waals surface area contributed by atoms with Gasteiger partial charge >= 0.3 is 0 Å². The first-order valence-electron chi connectivity index (χ1n) is 9.91. The predicted octanol–water partition coefficient (Wildman–Crippen LogP) is 5.64. The van der Waals surface area contributed by atoms with Crippen molar-refractivity contribution in [1.82, 2.24) is 0 Å². The van der Waals surface area contributed by atoms with E-state index in [0.29, 0.717) is 11.3 Å². The summed E-state index contributed by atoms with van der Waals surface area (Å²) < 4.78 is 0. The summed E-state index contributed by atoms with van der Waals surface area (Å²) in [4.78, 5) is 27.0. The fraction of sp³-hybridized carbons (Fsp3) is 0.200. The van der Waals surface area contributed by atoms with Gasteiger partial charge in [-0.3, -0.25) is 14.5 Å². The number of anilines is 2. The standard InChI is InChI=1S/C25H24N2O2S/c1-16-5-8-19(9-6-16)24(29)26-21-12-10-20(11-13-21)25-27(23(28)15-30-25)22-14-17(2)4-7-18(22)3/h4-14,25H,15H2,1-3H3,(H,26,29). The molecule has 3 aromatic rings. The van der Waals surface area contributed by atoms with Crippen molar-refractivity contribution in [2.45, 2.75) is 26.1 Å². The van der Waals surface area contributed by atoms with Crippen LogP contribution in [0.5, 0.6) is 0 Å². The van der Waals surface area contributed by atoms with Crippen LogP contribution in [0.15, 0.2) is 66.7 Å². The second-order valence-electron chi connectivity index (χ2n) is 7.66. The number of nitrogens with zero attached hydrogens (tertiary/aromatic N) is 1. The molecule has 1 unspecified atom stereocenters. The average molecular weight is 417 g/mol. The van der Waals surface area contributed by atoms with Crippen molar-refractivity contribution >= 4 is 35.0 Å². The van der Waals surface area contributed by atoms with E-state index < -0.39 is 0 Å². The van der Waals surface area contributed by atoms with E-state index in [0.717, 1.165) is 33.6 Å². The van der Waals surface area contributed by atoms with E-state index in [1.54, 1.807) is 11.8 Å². The number of thioether (sulfide) groups is 1. The third kappa shape index (κ3) is 4.12. The quantitative estimate of drug-likeness (QED) is 0.598. The zero-order valence-electron chi connectivity index (χ0n) is 17.3. The van der Waals surface area contributed by atoms with Crippen LogP contribution in [0, 0.1) is 20.8 Å². The topological polar surface area (TPSA) is 49.4 Å². The van der Waals surface area contributed by atoms with Crippen molar-refractivity contribution in [1.29, 1.82) is 0 Å². The summed E-state index contributed by atoms with van der Waals surface area (Å²) in [6.45, 7) is 6.07. The molecule has 3 aromatic carbocycles. The Hall–Kier alpha value is -3.05. The highest BCUT2D eigenvalue weighted by molar-refractivity contribution is 8.00. The lowest BCUT2D eigenvalue weighted by atomic mass is 10.1. The maximum absolute atomic E-state index is 12.7. The summed E-state index contributed by atoms with van der Waals surface area (Å²) in [6.07, 6.45) is 0. The number of carbonyl (C=O) groups is 2. The molecule has 1 fully saturated rings. The van der Waals surface area contributed by atoms with E-state index >= 15 is 0 Å². The van der Waals surface area contributed by atoms with Gasteiger partial charge in [-0.2, -0.15) is 0 Å². The molecular weight excluding hydrogens is 392 g/mol. The van der Waals surface area contributed by atoms with Crippen molar-refractivity contribution in [3.63, 3.8) is 0 Å². The molecule has 1 aliphatic heterocycles. The van der Waals surface area contributed by atoms with Gasteiger partial charge < -0.3 is 5.32 Å². The highest BCUT2D eigenvalue weighted by Gasteiger charge is 2.34. The lowest BCUT2D eigenvalue weighted by Gasteiger charge is -2.26. The van der Waals surface area contributed by atoms with Crippen molar-refractivity contribution < 1.29 is 9.59 Å². The maximum atomic E-state index is 12.7. The SMILES string of the molecule is Cc1ccc(C(=O)Nc2ccc(C3SCC(=O)N3c3cc(C)ccc3C)cc2)cc1. The first-order chi connectivity index (χ1) is 14.4. The van der Waals surface area contributed by atoms with Crippen LogP contribution in [0.4, 0.5) is 11.4 Å². The summed E-state index contributed by atoms with van der Waals surface area (Å²) in [5.41, 5.74) is 6.70. The molecule has 4 rings (SSSR count). The first-order valence-corrected chi connectivity index (χ1v) is 11.0. The number of carbonyl (C=O) groups excluding carboxylic acids is 2. The van der Waals surface area contributed by atoms with Crippen LogP contribution in [0.3, 0.4) is 0 Å². The molecule has 1 atom stereocenters. The minimum absolute atomic E-state index is 0.0696. The Bertz CT molecular complexity index is 1090. The molecule has 0 saturated carbocycles. The van der Waals surface area contributed by atoms with E-state index in [1.807, 2.05) is 74.2 Å². The fourth-order valence-corrected chi connectivity index (χ4v) is 4.72. The van der Waals surface area contributed by atoms with Gasteiger partial charge in [-0.15, -0.1) is 11.8 Å². The van der Waals surface area contributed by atoms with Gasteiger partial charge in [0.15, 0.2) is 0 Å². The number of nitrogens with one attached hydrogen (secondary N) is 1. The van der Waals surface area contributed by atoms with Crippen molar-refractivity contribution in [2.24, 2.45) is 0 Å². The van der Waals surface area contributed by atoms with Crippen LogP contribution in [0.1, 0.15) is 38.0 Å². The first kappa shape index (κ1) is 20.2. The van der Waals surface area contributed by atoms with Gasteiger partial charge in [-0.1, -0.05) is 42.0 Å². The third-order valence-corrected chi connectivity index (χ3v) is 6.47. The summed E-state index contributed by atoms with van der Waals surface area (Å²) in [5.74, 6) is 0.449. The van der Waals surface area contributed by atoms with Crippen LogP contribution in [-0.2, 0) is 4.79 Å². The maximum Gasteiger partial charge on any atom is 0.255 e. The highest BCUT2D eigenvalue weighted by atomic mass is 32.2. The molecule has 0 aliphatic carbocycles. The molecule has 30 heavy (non-hydrogen) atoms. The molecule has 1 aliphatic rings. The number of hydrogen-bond donors (Lipinski definition) is 1. The molecule has 152 valence electrons. The number of hydrogen-bond acceptors (Lipinski definition) is 3. The minimum atomic E-state index is -0.134. The second kappa shape index (κ2) is 8.36. The lowest BCUT2D eigenvalue weighted by Crippen LogP contribution is -2.28. The summed E-state index contributed by atoms with van der Waals surface area (Å²) in [5, 5.41) is 2.87. The number of rotatable bonds is 4. The normalized spacial score (nSPS) is 16.0. The average Bonchev–Trinajstić information content (AvgIpc) is 3.12. The molecule has 1 saturated heterocycles. The Kier molecular flexibility index (Phi) is 5.64. The van der Waals surface area contributed by atoms with Crippen LogP contribution in [0.25, 0.3) is 0 Å². The second-order valence-corrected chi connectivity index (χ2v) is 8.73. The van der Waals surface area contributed by atoms with E-state index in [1.165, 1.54) is 0 Å². The Labute approximate surface area is 181 Å². The van der Waals surface area contributed by atoms with Crippen LogP contribution >= 0.6 is 11.8 Å². The third-order valence-electron chi connectivity index (χ3n) is 5.26. The van der Waals surface area contributed by atoms with Gasteiger partial charge in [0.05, 0.1) is 5.75 Å².